The van der Waals surface area contributed by atoms with Gasteiger partial charge in [0.1, 0.15) is 6.10 Å². The highest BCUT2D eigenvalue weighted by atomic mass is 16.5. The number of morpholine rings is 1. The first kappa shape index (κ1) is 12.2. The van der Waals surface area contributed by atoms with E-state index in [4.69, 9.17) is 9.26 Å². The summed E-state index contributed by atoms with van der Waals surface area (Å²) in [4.78, 5) is 6.48. The molecular formula is C11H16N6O2. The Morgan fingerprint density at radius 1 is 1.47 bits per heavy atom. The van der Waals surface area contributed by atoms with Gasteiger partial charge in [0.25, 0.3) is 5.89 Å². The number of nitrogens with one attached hydrogen (secondary N) is 1. The van der Waals surface area contributed by atoms with Gasteiger partial charge in [-0.1, -0.05) is 5.16 Å². The second kappa shape index (κ2) is 5.06. The van der Waals surface area contributed by atoms with Crippen LogP contribution in [0.3, 0.4) is 0 Å². The lowest BCUT2D eigenvalue weighted by Crippen LogP contribution is -2.42. The minimum absolute atomic E-state index is 0.109. The monoisotopic (exact) mass is 264 g/mol. The van der Waals surface area contributed by atoms with E-state index in [1.165, 1.54) is 0 Å². The zero-order valence-electron chi connectivity index (χ0n) is 10.9. The lowest BCUT2D eigenvalue weighted by molar-refractivity contribution is -0.0933. The fraction of sp³-hybridized carbons (Fsp3) is 0.636. The van der Waals surface area contributed by atoms with Crippen LogP contribution in [0.4, 0.5) is 0 Å². The molecule has 0 unspecified atom stereocenters. The van der Waals surface area contributed by atoms with Crippen LogP contribution >= 0.6 is 0 Å². The van der Waals surface area contributed by atoms with Gasteiger partial charge in [-0.25, -0.2) is 0 Å². The van der Waals surface area contributed by atoms with Crippen LogP contribution in [0.25, 0.3) is 0 Å². The van der Waals surface area contributed by atoms with Crippen molar-refractivity contribution in [2.24, 2.45) is 0 Å². The molecule has 0 saturated carbocycles. The van der Waals surface area contributed by atoms with Gasteiger partial charge >= 0.3 is 0 Å². The number of aryl methyl sites for hydroxylation is 1. The number of hydrogen-bond acceptors (Lipinski definition) is 7. The van der Waals surface area contributed by atoms with Gasteiger partial charge < -0.3 is 9.26 Å². The number of ether oxygens (including phenoxy) is 1. The van der Waals surface area contributed by atoms with E-state index in [1.54, 1.807) is 13.1 Å². The van der Waals surface area contributed by atoms with Crippen molar-refractivity contribution in [2.45, 2.75) is 32.6 Å². The van der Waals surface area contributed by atoms with E-state index in [2.05, 4.69) is 30.5 Å². The molecule has 1 aliphatic heterocycles. The SMILES string of the molecule is Cc1noc([C@H]2CN(Cc3cn[nH]n3)C[C@@H](C)O2)n1. The lowest BCUT2D eigenvalue weighted by Gasteiger charge is -2.34. The van der Waals surface area contributed by atoms with Crippen molar-refractivity contribution in [1.82, 2.24) is 30.5 Å². The van der Waals surface area contributed by atoms with Crippen LogP contribution in [-0.4, -0.2) is 49.6 Å². The Morgan fingerprint density at radius 3 is 3.05 bits per heavy atom. The summed E-state index contributed by atoms with van der Waals surface area (Å²) >= 11 is 0. The largest absolute Gasteiger partial charge is 0.363 e. The highest BCUT2D eigenvalue weighted by Gasteiger charge is 2.30. The third-order valence-electron chi connectivity index (χ3n) is 3.01. The molecule has 1 N–H and O–H groups in total. The number of nitrogens with zero attached hydrogens (tertiary/aromatic N) is 5. The molecule has 3 rings (SSSR count). The molecule has 0 aromatic carbocycles. The molecule has 2 aromatic heterocycles. The molecule has 2 aromatic rings. The molecule has 2 atom stereocenters. The summed E-state index contributed by atoms with van der Waals surface area (Å²) < 4.78 is 11.0. The van der Waals surface area contributed by atoms with Crippen LogP contribution in [0.5, 0.6) is 0 Å². The Bertz CT molecular complexity index is 525. The van der Waals surface area contributed by atoms with Crippen molar-refractivity contribution in [3.05, 3.63) is 23.6 Å². The maximum absolute atomic E-state index is 5.85. The average Bonchev–Trinajstić information content (AvgIpc) is 3.00. The second-order valence-electron chi connectivity index (χ2n) is 4.77. The maximum Gasteiger partial charge on any atom is 0.257 e. The van der Waals surface area contributed by atoms with Crippen LogP contribution in [0.1, 0.15) is 30.4 Å². The van der Waals surface area contributed by atoms with E-state index < -0.39 is 0 Å². The molecule has 8 heteroatoms. The molecule has 1 saturated heterocycles. The molecule has 0 aliphatic carbocycles. The van der Waals surface area contributed by atoms with Crippen LogP contribution in [0, 0.1) is 6.92 Å². The van der Waals surface area contributed by atoms with Gasteiger partial charge in [0, 0.05) is 19.6 Å². The van der Waals surface area contributed by atoms with E-state index in [-0.39, 0.29) is 12.2 Å². The van der Waals surface area contributed by atoms with E-state index >= 15 is 0 Å². The highest BCUT2D eigenvalue weighted by molar-refractivity contribution is 4.95. The van der Waals surface area contributed by atoms with Gasteiger partial charge in [-0.05, 0) is 13.8 Å². The molecule has 1 aliphatic rings. The van der Waals surface area contributed by atoms with E-state index in [9.17, 15) is 0 Å². The van der Waals surface area contributed by atoms with Gasteiger partial charge in [0.2, 0.25) is 0 Å². The van der Waals surface area contributed by atoms with Crippen molar-refractivity contribution < 1.29 is 9.26 Å². The van der Waals surface area contributed by atoms with E-state index in [0.29, 0.717) is 18.3 Å². The zero-order valence-corrected chi connectivity index (χ0v) is 10.9. The van der Waals surface area contributed by atoms with Gasteiger partial charge in [-0.2, -0.15) is 20.4 Å². The van der Waals surface area contributed by atoms with Crippen molar-refractivity contribution in [3.8, 4) is 0 Å². The number of hydrogen-bond donors (Lipinski definition) is 1. The smallest absolute Gasteiger partial charge is 0.257 e. The predicted molar refractivity (Wildman–Crippen MR) is 64.0 cm³/mol. The van der Waals surface area contributed by atoms with Gasteiger partial charge in [0.05, 0.1) is 18.0 Å². The van der Waals surface area contributed by atoms with Gasteiger partial charge in [-0.15, -0.1) is 0 Å². The molecule has 3 heterocycles. The predicted octanol–water partition coefficient (Wildman–Crippen LogP) is 0.458. The highest BCUT2D eigenvalue weighted by Crippen LogP contribution is 2.24. The summed E-state index contributed by atoms with van der Waals surface area (Å²) in [6.07, 6.45) is 1.65. The third kappa shape index (κ3) is 2.79. The first-order valence-corrected chi connectivity index (χ1v) is 6.23. The van der Waals surface area contributed by atoms with E-state index in [1.807, 2.05) is 6.92 Å². The minimum Gasteiger partial charge on any atom is -0.363 e. The van der Waals surface area contributed by atoms with Crippen LogP contribution < -0.4 is 0 Å². The Labute approximate surface area is 110 Å². The molecule has 0 bridgehead atoms. The molecule has 0 radical (unpaired) electrons. The van der Waals surface area contributed by atoms with Crippen molar-refractivity contribution >= 4 is 0 Å². The van der Waals surface area contributed by atoms with Crippen LogP contribution in [0.15, 0.2) is 10.7 Å². The minimum atomic E-state index is -0.183. The van der Waals surface area contributed by atoms with Crippen molar-refractivity contribution in [1.29, 1.82) is 0 Å². The average molecular weight is 264 g/mol. The number of H-pyrrole nitrogens is 1. The van der Waals surface area contributed by atoms with Crippen LogP contribution in [0.2, 0.25) is 0 Å². The first-order valence-electron chi connectivity index (χ1n) is 6.23. The fourth-order valence-corrected chi connectivity index (χ4v) is 2.28. The summed E-state index contributed by atoms with van der Waals surface area (Å²) in [6, 6.07) is 0. The standard InChI is InChI=1S/C11H16N6O2/c1-7-4-17(5-9-3-12-16-14-9)6-10(18-7)11-13-8(2)15-19-11/h3,7,10H,4-6H2,1-2H3,(H,12,14,16)/t7-,10-/m1/s1. The summed E-state index contributed by atoms with van der Waals surface area (Å²) in [7, 11) is 0. The Hall–Kier alpha value is -1.80. The van der Waals surface area contributed by atoms with Gasteiger partial charge in [-0.3, -0.25) is 4.90 Å². The molecule has 1 fully saturated rings. The molecule has 0 spiro atoms. The lowest BCUT2D eigenvalue weighted by atomic mass is 10.2. The molecule has 102 valence electrons. The van der Waals surface area contributed by atoms with E-state index in [0.717, 1.165) is 18.8 Å². The third-order valence-corrected chi connectivity index (χ3v) is 3.01. The second-order valence-corrected chi connectivity index (χ2v) is 4.77. The van der Waals surface area contributed by atoms with Gasteiger partial charge in [0.15, 0.2) is 5.82 Å². The molecule has 0 amide bonds. The van der Waals surface area contributed by atoms with Crippen LogP contribution in [-0.2, 0) is 11.3 Å². The molecule has 19 heavy (non-hydrogen) atoms. The number of aromatic amines is 1. The Kier molecular flexibility index (Phi) is 3.26. The first-order chi connectivity index (χ1) is 9.20. The Balaban J connectivity index is 1.70. The molecular weight excluding hydrogens is 248 g/mol. The summed E-state index contributed by atoms with van der Waals surface area (Å²) in [5, 5.41) is 14.3. The Morgan fingerprint density at radius 2 is 2.37 bits per heavy atom. The fourth-order valence-electron chi connectivity index (χ4n) is 2.28. The summed E-state index contributed by atoms with van der Waals surface area (Å²) in [6.45, 7) is 6.11. The van der Waals surface area contributed by atoms with Crippen molar-refractivity contribution in [2.75, 3.05) is 13.1 Å². The molecule has 8 nitrogen and oxygen atoms in total. The summed E-state index contributed by atoms with van der Waals surface area (Å²) in [5.74, 6) is 1.16. The normalized spacial score (nSPS) is 24.7. The summed E-state index contributed by atoms with van der Waals surface area (Å²) in [5.41, 5.74) is 0.912. The zero-order chi connectivity index (χ0) is 13.2. The van der Waals surface area contributed by atoms with Crippen molar-refractivity contribution in [3.63, 3.8) is 0 Å². The number of aromatic nitrogens is 5. The number of rotatable bonds is 3. The topological polar surface area (TPSA) is 93.0 Å². The maximum atomic E-state index is 5.85. The quantitative estimate of drug-likeness (QED) is 0.860.